The zero-order chi connectivity index (χ0) is 13.9. The van der Waals surface area contributed by atoms with Gasteiger partial charge in [0.15, 0.2) is 0 Å². The van der Waals surface area contributed by atoms with Crippen molar-refractivity contribution in [1.29, 1.82) is 0 Å². The Morgan fingerprint density at radius 1 is 1.32 bits per heavy atom. The number of halogens is 3. The van der Waals surface area contributed by atoms with E-state index >= 15 is 0 Å². The Morgan fingerprint density at radius 2 is 2.00 bits per heavy atom. The minimum Gasteiger partial charge on any atom is -0.319 e. The number of thioether (sulfide) groups is 1. The lowest BCUT2D eigenvalue weighted by atomic mass is 9.85. The van der Waals surface area contributed by atoms with E-state index in [1.165, 1.54) is 12.1 Å². The summed E-state index contributed by atoms with van der Waals surface area (Å²) in [5, 5.41) is 3.16. The molecule has 0 saturated carbocycles. The molecule has 1 nitrogen and oxygen atoms in total. The molecule has 1 N–H and O–H groups in total. The van der Waals surface area contributed by atoms with E-state index in [9.17, 15) is 13.2 Å². The van der Waals surface area contributed by atoms with Crippen LogP contribution in [0.15, 0.2) is 24.3 Å². The summed E-state index contributed by atoms with van der Waals surface area (Å²) in [4.78, 5) is 0. The normalized spacial score (nSPS) is 21.6. The topological polar surface area (TPSA) is 12.0 Å². The van der Waals surface area contributed by atoms with Crippen molar-refractivity contribution in [3.05, 3.63) is 35.4 Å². The predicted octanol–water partition coefficient (Wildman–Crippen LogP) is 3.76. The number of nitrogens with one attached hydrogen (secondary N) is 1. The van der Waals surface area contributed by atoms with E-state index < -0.39 is 11.7 Å². The number of hydrogen-bond acceptors (Lipinski definition) is 2. The maximum absolute atomic E-state index is 12.6. The summed E-state index contributed by atoms with van der Waals surface area (Å²) in [6, 6.07) is 5.65. The molecule has 0 bridgehead atoms. The number of likely N-dealkylation sites (N-methyl/N-ethyl adjacent to an activating group) is 1. The van der Waals surface area contributed by atoms with Gasteiger partial charge in [0.05, 0.1) is 5.56 Å². The first-order valence-electron chi connectivity index (χ1n) is 6.42. The van der Waals surface area contributed by atoms with Crippen LogP contribution in [0.3, 0.4) is 0 Å². The van der Waals surface area contributed by atoms with Gasteiger partial charge in [0, 0.05) is 6.54 Å². The van der Waals surface area contributed by atoms with Crippen LogP contribution in [0.1, 0.15) is 23.5 Å². The lowest BCUT2D eigenvalue weighted by Crippen LogP contribution is -2.24. The van der Waals surface area contributed by atoms with Crippen molar-refractivity contribution in [2.45, 2.75) is 18.5 Å². The van der Waals surface area contributed by atoms with Crippen LogP contribution >= 0.6 is 11.8 Å². The van der Waals surface area contributed by atoms with Crippen LogP contribution in [0.25, 0.3) is 0 Å². The molecule has 2 rings (SSSR count). The standard InChI is InChI=1S/C14H18F3NS/c1-18-8-13(11-6-7-19-9-11)10-2-4-12(5-3-10)14(15,16)17/h2-5,11,13,18H,6-9H2,1H3. The van der Waals surface area contributed by atoms with E-state index in [1.807, 2.05) is 18.8 Å². The van der Waals surface area contributed by atoms with Crippen LogP contribution in [0.5, 0.6) is 0 Å². The molecule has 0 spiro atoms. The van der Waals surface area contributed by atoms with E-state index in [4.69, 9.17) is 0 Å². The first-order chi connectivity index (χ1) is 9.02. The van der Waals surface area contributed by atoms with Gasteiger partial charge in [-0.25, -0.2) is 0 Å². The van der Waals surface area contributed by atoms with E-state index in [1.54, 1.807) is 12.1 Å². The Labute approximate surface area is 116 Å². The van der Waals surface area contributed by atoms with Gasteiger partial charge in [0.1, 0.15) is 0 Å². The highest BCUT2D eigenvalue weighted by molar-refractivity contribution is 7.99. The Hall–Kier alpha value is -0.680. The van der Waals surface area contributed by atoms with Gasteiger partial charge in [-0.3, -0.25) is 0 Å². The maximum atomic E-state index is 12.6. The van der Waals surface area contributed by atoms with Crippen molar-refractivity contribution in [3.8, 4) is 0 Å². The molecule has 1 heterocycles. The molecule has 106 valence electrons. The monoisotopic (exact) mass is 289 g/mol. The summed E-state index contributed by atoms with van der Waals surface area (Å²) in [6.45, 7) is 0.816. The average molecular weight is 289 g/mol. The van der Waals surface area contributed by atoms with Crippen molar-refractivity contribution in [1.82, 2.24) is 5.32 Å². The zero-order valence-corrected chi connectivity index (χ0v) is 11.7. The number of alkyl halides is 3. The molecule has 2 atom stereocenters. The molecule has 0 radical (unpaired) electrons. The molecule has 1 saturated heterocycles. The molecule has 1 aliphatic rings. The van der Waals surface area contributed by atoms with Crippen molar-refractivity contribution in [3.63, 3.8) is 0 Å². The highest BCUT2D eigenvalue weighted by Crippen LogP contribution is 2.36. The van der Waals surface area contributed by atoms with E-state index in [-0.39, 0.29) is 0 Å². The Balaban J connectivity index is 2.17. The van der Waals surface area contributed by atoms with Crippen molar-refractivity contribution >= 4 is 11.8 Å². The highest BCUT2D eigenvalue weighted by Gasteiger charge is 2.31. The highest BCUT2D eigenvalue weighted by atomic mass is 32.2. The summed E-state index contributed by atoms with van der Waals surface area (Å²) in [5.41, 5.74) is 0.440. The number of benzene rings is 1. The summed E-state index contributed by atoms with van der Waals surface area (Å²) in [7, 11) is 1.89. The summed E-state index contributed by atoms with van der Waals surface area (Å²) in [6.07, 6.45) is -3.10. The molecule has 1 fully saturated rings. The van der Waals surface area contributed by atoms with Crippen LogP contribution < -0.4 is 5.32 Å². The van der Waals surface area contributed by atoms with Crippen molar-refractivity contribution in [2.24, 2.45) is 5.92 Å². The third-order valence-corrected chi connectivity index (χ3v) is 4.81. The van der Waals surface area contributed by atoms with E-state index in [0.717, 1.165) is 30.0 Å². The molecule has 5 heteroatoms. The predicted molar refractivity (Wildman–Crippen MR) is 73.5 cm³/mol. The van der Waals surface area contributed by atoms with Crippen LogP contribution in [0.4, 0.5) is 13.2 Å². The third-order valence-electron chi connectivity index (χ3n) is 3.62. The molecule has 0 aliphatic carbocycles. The van der Waals surface area contributed by atoms with Crippen LogP contribution in [-0.2, 0) is 6.18 Å². The Kier molecular flexibility index (Phi) is 4.79. The first kappa shape index (κ1) is 14.7. The molecule has 1 aliphatic heterocycles. The van der Waals surface area contributed by atoms with Crippen LogP contribution in [-0.4, -0.2) is 25.1 Å². The van der Waals surface area contributed by atoms with Gasteiger partial charge >= 0.3 is 6.18 Å². The maximum Gasteiger partial charge on any atom is 0.416 e. The van der Waals surface area contributed by atoms with Gasteiger partial charge in [-0.2, -0.15) is 24.9 Å². The average Bonchev–Trinajstić information content (AvgIpc) is 2.89. The largest absolute Gasteiger partial charge is 0.416 e. The third kappa shape index (κ3) is 3.66. The van der Waals surface area contributed by atoms with Gasteiger partial charge in [-0.1, -0.05) is 12.1 Å². The van der Waals surface area contributed by atoms with Gasteiger partial charge in [0.25, 0.3) is 0 Å². The smallest absolute Gasteiger partial charge is 0.319 e. The fraction of sp³-hybridized carbons (Fsp3) is 0.571. The minimum atomic E-state index is -4.25. The molecule has 0 aromatic heterocycles. The fourth-order valence-corrected chi connectivity index (χ4v) is 3.90. The SMILES string of the molecule is CNCC(c1ccc(C(F)(F)F)cc1)C1CCSC1. The Morgan fingerprint density at radius 3 is 2.47 bits per heavy atom. The summed E-state index contributed by atoms with van der Waals surface area (Å²) >= 11 is 1.93. The van der Waals surface area contributed by atoms with E-state index in [2.05, 4.69) is 5.32 Å². The lowest BCUT2D eigenvalue weighted by Gasteiger charge is -2.23. The van der Waals surface area contributed by atoms with Crippen LogP contribution in [0, 0.1) is 5.92 Å². The van der Waals surface area contributed by atoms with Gasteiger partial charge in [-0.15, -0.1) is 0 Å². The zero-order valence-electron chi connectivity index (χ0n) is 10.8. The van der Waals surface area contributed by atoms with Crippen LogP contribution in [0.2, 0.25) is 0 Å². The molecule has 1 aromatic carbocycles. The molecular formula is C14H18F3NS. The number of hydrogen-bond donors (Lipinski definition) is 1. The summed E-state index contributed by atoms with van der Waals surface area (Å²) in [5.74, 6) is 3.13. The fourth-order valence-electron chi connectivity index (χ4n) is 2.57. The van der Waals surface area contributed by atoms with E-state index in [0.29, 0.717) is 11.8 Å². The second-order valence-corrected chi connectivity index (χ2v) is 6.06. The quantitative estimate of drug-likeness (QED) is 0.905. The molecule has 2 unspecified atom stereocenters. The van der Waals surface area contributed by atoms with Gasteiger partial charge in [-0.05, 0) is 54.5 Å². The lowest BCUT2D eigenvalue weighted by molar-refractivity contribution is -0.137. The van der Waals surface area contributed by atoms with Crippen molar-refractivity contribution < 1.29 is 13.2 Å². The minimum absolute atomic E-state index is 0.308. The first-order valence-corrected chi connectivity index (χ1v) is 7.57. The summed E-state index contributed by atoms with van der Waals surface area (Å²) < 4.78 is 37.7. The van der Waals surface area contributed by atoms with Gasteiger partial charge in [0.2, 0.25) is 0 Å². The second kappa shape index (κ2) is 6.18. The number of rotatable bonds is 4. The van der Waals surface area contributed by atoms with Crippen molar-refractivity contribution in [2.75, 3.05) is 25.1 Å². The molecule has 1 aromatic rings. The molecule has 19 heavy (non-hydrogen) atoms. The Bertz CT molecular complexity index is 396. The van der Waals surface area contributed by atoms with Gasteiger partial charge < -0.3 is 5.32 Å². The second-order valence-electron chi connectivity index (χ2n) is 4.91. The molecule has 0 amide bonds. The molecular weight excluding hydrogens is 271 g/mol.